The van der Waals surface area contributed by atoms with E-state index in [1.54, 1.807) is 12.1 Å². The number of nitrogens with two attached hydrogens (primary N) is 1. The molecule has 3 N–H and O–H groups in total. The summed E-state index contributed by atoms with van der Waals surface area (Å²) in [4.78, 5) is 0.0440. The molecule has 0 aliphatic heterocycles. The van der Waals surface area contributed by atoms with Gasteiger partial charge in [-0.3, -0.25) is 5.10 Å². The summed E-state index contributed by atoms with van der Waals surface area (Å²) in [5, 5.41) is 6.54. The van der Waals surface area contributed by atoms with E-state index in [4.69, 9.17) is 15.2 Å². The molecule has 0 saturated heterocycles. The third-order valence-corrected chi connectivity index (χ3v) is 3.86. The molecule has 1 aromatic heterocycles. The molecule has 8 heteroatoms. The molecule has 0 atom stereocenters. The predicted octanol–water partition coefficient (Wildman–Crippen LogP) is 1.08. The van der Waals surface area contributed by atoms with Crippen molar-refractivity contribution in [2.24, 2.45) is 0 Å². The summed E-state index contributed by atoms with van der Waals surface area (Å²) < 4.78 is 34.1. The number of aromatic amines is 1. The molecule has 1 aromatic carbocycles. The van der Waals surface area contributed by atoms with E-state index in [1.807, 2.05) is 0 Å². The maximum atomic E-state index is 11.9. The maximum absolute atomic E-state index is 11.9. The molecule has 2 rings (SSSR count). The molecule has 0 aliphatic rings. The quantitative estimate of drug-likeness (QED) is 0.874. The molecule has 0 aliphatic carbocycles. The van der Waals surface area contributed by atoms with Crippen molar-refractivity contribution in [3.05, 3.63) is 18.2 Å². The lowest BCUT2D eigenvalue weighted by Gasteiger charge is -2.13. The van der Waals surface area contributed by atoms with Crippen LogP contribution in [0.15, 0.2) is 23.1 Å². The normalized spacial score (nSPS) is 11.3. The van der Waals surface area contributed by atoms with E-state index in [1.165, 1.54) is 20.3 Å². The first-order chi connectivity index (χ1) is 9.36. The topological polar surface area (TPSA) is 107 Å². The van der Waals surface area contributed by atoms with Crippen molar-refractivity contribution < 1.29 is 17.9 Å². The number of nitrogen functional groups attached to an aromatic ring is 1. The number of hydrogen-bond acceptors (Lipinski definition) is 6. The van der Waals surface area contributed by atoms with Crippen molar-refractivity contribution in [2.75, 3.05) is 26.2 Å². The van der Waals surface area contributed by atoms with Gasteiger partial charge in [-0.15, -0.1) is 0 Å². The molecule has 7 nitrogen and oxygen atoms in total. The second-order valence-corrected chi connectivity index (χ2v) is 6.17. The van der Waals surface area contributed by atoms with E-state index >= 15 is 0 Å². The van der Waals surface area contributed by atoms with Crippen LogP contribution in [0.25, 0.3) is 11.3 Å². The van der Waals surface area contributed by atoms with Crippen LogP contribution in [0.3, 0.4) is 0 Å². The fraction of sp³-hybridized carbons (Fsp3) is 0.250. The Balaban J connectivity index is 2.79. The number of hydrogen-bond donors (Lipinski definition) is 2. The highest BCUT2D eigenvalue weighted by molar-refractivity contribution is 7.90. The van der Waals surface area contributed by atoms with E-state index in [9.17, 15) is 8.42 Å². The highest BCUT2D eigenvalue weighted by Crippen LogP contribution is 2.38. The SMILES string of the molecule is COc1cc(-c2cc(N)n[nH]2)c(OC)c(S(C)(=O)=O)c1. The Morgan fingerprint density at radius 1 is 1.20 bits per heavy atom. The van der Waals surface area contributed by atoms with Gasteiger partial charge in [0.25, 0.3) is 0 Å². The van der Waals surface area contributed by atoms with Crippen LogP contribution in [0, 0.1) is 0 Å². The summed E-state index contributed by atoms with van der Waals surface area (Å²) in [5.74, 6) is 0.914. The fourth-order valence-electron chi connectivity index (χ4n) is 1.86. The minimum Gasteiger partial charge on any atom is -0.497 e. The van der Waals surface area contributed by atoms with Gasteiger partial charge in [-0.25, -0.2) is 8.42 Å². The predicted molar refractivity (Wildman–Crippen MR) is 74.6 cm³/mol. The summed E-state index contributed by atoms with van der Waals surface area (Å²) in [5.41, 5.74) is 6.62. The Morgan fingerprint density at radius 2 is 1.90 bits per heavy atom. The number of ether oxygens (including phenoxy) is 2. The monoisotopic (exact) mass is 297 g/mol. The van der Waals surface area contributed by atoms with Gasteiger partial charge in [-0.2, -0.15) is 5.10 Å². The lowest BCUT2D eigenvalue weighted by atomic mass is 10.1. The highest BCUT2D eigenvalue weighted by atomic mass is 32.2. The van der Waals surface area contributed by atoms with Gasteiger partial charge in [0, 0.05) is 24.0 Å². The van der Waals surface area contributed by atoms with Crippen molar-refractivity contribution in [3.8, 4) is 22.8 Å². The number of H-pyrrole nitrogens is 1. The van der Waals surface area contributed by atoms with Crippen molar-refractivity contribution in [1.29, 1.82) is 0 Å². The highest BCUT2D eigenvalue weighted by Gasteiger charge is 2.21. The van der Waals surface area contributed by atoms with Gasteiger partial charge in [-0.05, 0) is 6.07 Å². The Bertz CT molecular complexity index is 737. The van der Waals surface area contributed by atoms with Gasteiger partial charge in [0.1, 0.15) is 22.2 Å². The minimum absolute atomic E-state index is 0.0440. The van der Waals surface area contributed by atoms with E-state index in [0.29, 0.717) is 22.8 Å². The molecule has 0 fully saturated rings. The third kappa shape index (κ3) is 2.55. The molecule has 108 valence electrons. The van der Waals surface area contributed by atoms with Crippen molar-refractivity contribution in [2.45, 2.75) is 4.90 Å². The second-order valence-electron chi connectivity index (χ2n) is 4.18. The summed E-state index contributed by atoms with van der Waals surface area (Å²) in [6, 6.07) is 4.65. The average molecular weight is 297 g/mol. The van der Waals surface area contributed by atoms with Crippen molar-refractivity contribution in [3.63, 3.8) is 0 Å². The fourth-order valence-corrected chi connectivity index (χ4v) is 2.72. The van der Waals surface area contributed by atoms with Gasteiger partial charge in [0.2, 0.25) is 0 Å². The summed E-state index contributed by atoms with van der Waals surface area (Å²) in [6.07, 6.45) is 1.11. The number of nitrogens with zero attached hydrogens (tertiary/aromatic N) is 1. The van der Waals surface area contributed by atoms with Crippen LogP contribution in [0.4, 0.5) is 5.82 Å². The van der Waals surface area contributed by atoms with Crippen LogP contribution in [-0.2, 0) is 9.84 Å². The zero-order chi connectivity index (χ0) is 14.9. The van der Waals surface area contributed by atoms with Gasteiger partial charge in [0.05, 0.1) is 19.9 Å². The third-order valence-electron chi connectivity index (χ3n) is 2.76. The number of aromatic nitrogens is 2. The first kappa shape index (κ1) is 14.2. The van der Waals surface area contributed by atoms with Crippen LogP contribution in [0.5, 0.6) is 11.5 Å². The second kappa shape index (κ2) is 5.04. The van der Waals surface area contributed by atoms with Gasteiger partial charge >= 0.3 is 0 Å². The average Bonchev–Trinajstić information content (AvgIpc) is 2.82. The lowest BCUT2D eigenvalue weighted by Crippen LogP contribution is -2.03. The van der Waals surface area contributed by atoms with Crippen LogP contribution in [0.1, 0.15) is 0 Å². The number of nitrogens with one attached hydrogen (secondary N) is 1. The largest absolute Gasteiger partial charge is 0.497 e. The van der Waals surface area contributed by atoms with Crippen LogP contribution in [-0.4, -0.2) is 39.1 Å². The molecule has 20 heavy (non-hydrogen) atoms. The number of anilines is 1. The molecular weight excluding hydrogens is 282 g/mol. The van der Waals surface area contributed by atoms with Gasteiger partial charge in [0.15, 0.2) is 9.84 Å². The Hall–Kier alpha value is -2.22. The number of methoxy groups -OCH3 is 2. The Labute approximate surface area is 116 Å². The number of benzene rings is 1. The standard InChI is InChI=1S/C12H15N3O4S/c1-18-7-4-8(9-6-11(13)15-14-9)12(19-2)10(5-7)20(3,16)17/h4-6H,1-3H3,(H3,13,14,15). The molecule has 1 heterocycles. The lowest BCUT2D eigenvalue weighted by molar-refractivity contribution is 0.394. The molecule has 0 unspecified atom stereocenters. The van der Waals surface area contributed by atoms with Crippen LogP contribution in [0.2, 0.25) is 0 Å². The Morgan fingerprint density at radius 3 is 2.35 bits per heavy atom. The van der Waals surface area contributed by atoms with E-state index in [0.717, 1.165) is 6.26 Å². The van der Waals surface area contributed by atoms with Crippen LogP contribution >= 0.6 is 0 Å². The maximum Gasteiger partial charge on any atom is 0.179 e. The minimum atomic E-state index is -3.47. The van der Waals surface area contributed by atoms with Crippen LogP contribution < -0.4 is 15.2 Å². The van der Waals surface area contributed by atoms with E-state index in [2.05, 4.69) is 10.2 Å². The molecule has 0 saturated carbocycles. The summed E-state index contributed by atoms with van der Waals surface area (Å²) in [7, 11) is -0.613. The Kier molecular flexibility index (Phi) is 3.58. The number of rotatable bonds is 4. The number of sulfone groups is 1. The van der Waals surface area contributed by atoms with E-state index < -0.39 is 9.84 Å². The summed E-state index contributed by atoms with van der Waals surface area (Å²) >= 11 is 0. The van der Waals surface area contributed by atoms with Gasteiger partial charge < -0.3 is 15.2 Å². The zero-order valence-corrected chi connectivity index (χ0v) is 12.1. The molecule has 0 spiro atoms. The molecule has 0 bridgehead atoms. The molecule has 0 amide bonds. The molecule has 0 radical (unpaired) electrons. The first-order valence-corrected chi connectivity index (χ1v) is 7.53. The van der Waals surface area contributed by atoms with Gasteiger partial charge in [-0.1, -0.05) is 0 Å². The first-order valence-electron chi connectivity index (χ1n) is 5.64. The molecular formula is C12H15N3O4S. The molecule has 2 aromatic rings. The van der Waals surface area contributed by atoms with Crippen molar-refractivity contribution in [1.82, 2.24) is 10.2 Å². The summed E-state index contributed by atoms with van der Waals surface area (Å²) in [6.45, 7) is 0. The zero-order valence-electron chi connectivity index (χ0n) is 11.3. The van der Waals surface area contributed by atoms with E-state index in [-0.39, 0.29) is 10.6 Å². The van der Waals surface area contributed by atoms with Crippen molar-refractivity contribution >= 4 is 15.7 Å². The smallest absolute Gasteiger partial charge is 0.179 e.